The van der Waals surface area contributed by atoms with E-state index >= 15 is 0 Å². The van der Waals surface area contributed by atoms with Crippen LogP contribution in [0, 0.1) is 0 Å². The number of hydrogen-bond acceptors (Lipinski definition) is 4. The predicted octanol–water partition coefficient (Wildman–Crippen LogP) is 1.33. The van der Waals surface area contributed by atoms with Gasteiger partial charge < -0.3 is 10.2 Å². The van der Waals surface area contributed by atoms with Crippen molar-refractivity contribution < 1.29 is 9.59 Å². The standard InChI is InChI=1S/C11H19N3O2S2/c1-3-12-10(16)13-9(15)8(2)18-11(17)14-6-4-5-7-14/h8H,3-7H2,1-2H3,(H2,12,13,15,16). The molecule has 5 nitrogen and oxygen atoms in total. The van der Waals surface area contributed by atoms with Crippen LogP contribution in [0.2, 0.25) is 0 Å². The van der Waals surface area contributed by atoms with E-state index in [1.807, 2.05) is 0 Å². The minimum atomic E-state index is -0.456. The normalized spacial score (nSPS) is 16.2. The smallest absolute Gasteiger partial charge is 0.321 e. The lowest BCUT2D eigenvalue weighted by Crippen LogP contribution is -2.43. The molecule has 1 aliphatic heterocycles. The molecule has 0 radical (unpaired) electrons. The van der Waals surface area contributed by atoms with E-state index in [1.165, 1.54) is 11.8 Å². The summed E-state index contributed by atoms with van der Waals surface area (Å²) in [5, 5.41) is 4.44. The van der Waals surface area contributed by atoms with Gasteiger partial charge in [-0.25, -0.2) is 4.79 Å². The van der Waals surface area contributed by atoms with Gasteiger partial charge in [-0.2, -0.15) is 0 Å². The van der Waals surface area contributed by atoms with Crippen molar-refractivity contribution in [1.29, 1.82) is 0 Å². The molecule has 1 unspecified atom stereocenters. The average molecular weight is 289 g/mol. The number of carbonyl (C=O) groups is 2. The number of amides is 3. The Balaban J connectivity index is 2.34. The van der Waals surface area contributed by atoms with Gasteiger partial charge in [0.2, 0.25) is 5.91 Å². The zero-order valence-corrected chi connectivity index (χ0v) is 12.3. The minimum Gasteiger partial charge on any atom is -0.358 e. The first kappa shape index (κ1) is 15.2. The number of likely N-dealkylation sites (tertiary alicyclic amines) is 1. The molecule has 0 bridgehead atoms. The first-order valence-electron chi connectivity index (χ1n) is 6.08. The molecule has 1 aliphatic rings. The number of hydrogen-bond donors (Lipinski definition) is 2. The minimum absolute atomic E-state index is 0.313. The van der Waals surface area contributed by atoms with Crippen LogP contribution in [0.3, 0.4) is 0 Å². The van der Waals surface area contributed by atoms with Gasteiger partial charge in [0.15, 0.2) is 0 Å². The first-order valence-corrected chi connectivity index (χ1v) is 7.37. The van der Waals surface area contributed by atoms with Crippen LogP contribution in [0.1, 0.15) is 26.7 Å². The fourth-order valence-corrected chi connectivity index (χ4v) is 3.01. The van der Waals surface area contributed by atoms with Crippen LogP contribution < -0.4 is 10.6 Å². The molecule has 0 aliphatic carbocycles. The molecule has 3 amide bonds. The summed E-state index contributed by atoms with van der Waals surface area (Å²) >= 11 is 6.61. The van der Waals surface area contributed by atoms with Gasteiger partial charge in [0.25, 0.3) is 0 Å². The highest BCUT2D eigenvalue weighted by Crippen LogP contribution is 2.20. The van der Waals surface area contributed by atoms with Gasteiger partial charge in [-0.05, 0) is 26.7 Å². The van der Waals surface area contributed by atoms with Crippen LogP contribution in [-0.4, -0.2) is 46.0 Å². The van der Waals surface area contributed by atoms with Gasteiger partial charge in [0.05, 0.1) is 5.25 Å². The summed E-state index contributed by atoms with van der Waals surface area (Å²) in [7, 11) is 0. The van der Waals surface area contributed by atoms with Crippen LogP contribution in [0.25, 0.3) is 0 Å². The molecule has 0 saturated carbocycles. The molecule has 2 N–H and O–H groups in total. The fourth-order valence-electron chi connectivity index (χ4n) is 1.60. The molecule has 0 aromatic heterocycles. The molecular formula is C11H19N3O2S2. The predicted molar refractivity (Wildman–Crippen MR) is 77.7 cm³/mol. The van der Waals surface area contributed by atoms with Crippen molar-refractivity contribution in [2.75, 3.05) is 19.6 Å². The highest BCUT2D eigenvalue weighted by atomic mass is 32.2. The summed E-state index contributed by atoms with van der Waals surface area (Å²) in [5.41, 5.74) is 0. The molecule has 1 saturated heterocycles. The summed E-state index contributed by atoms with van der Waals surface area (Å²) in [6.07, 6.45) is 2.31. The Hall–Kier alpha value is -0.820. The largest absolute Gasteiger partial charge is 0.358 e. The highest BCUT2D eigenvalue weighted by Gasteiger charge is 2.22. The van der Waals surface area contributed by atoms with E-state index in [4.69, 9.17) is 12.2 Å². The molecule has 18 heavy (non-hydrogen) atoms. The lowest BCUT2D eigenvalue weighted by atomic mass is 10.4. The van der Waals surface area contributed by atoms with E-state index < -0.39 is 6.03 Å². The number of urea groups is 1. The third-order valence-electron chi connectivity index (χ3n) is 2.59. The molecule has 1 rings (SSSR count). The van der Waals surface area contributed by atoms with Gasteiger partial charge in [0, 0.05) is 19.6 Å². The molecule has 1 atom stereocenters. The Bertz CT molecular complexity index is 330. The Morgan fingerprint density at radius 2 is 2.00 bits per heavy atom. The number of thioether (sulfide) groups is 1. The number of nitrogens with one attached hydrogen (secondary N) is 2. The van der Waals surface area contributed by atoms with Crippen LogP contribution in [0.4, 0.5) is 4.79 Å². The zero-order valence-electron chi connectivity index (χ0n) is 10.7. The Labute approximate surface area is 117 Å². The molecule has 0 aromatic carbocycles. The van der Waals surface area contributed by atoms with Crippen molar-refractivity contribution in [2.24, 2.45) is 0 Å². The quantitative estimate of drug-likeness (QED) is 0.768. The Morgan fingerprint density at radius 3 is 2.56 bits per heavy atom. The maximum atomic E-state index is 11.7. The second-order valence-corrected chi connectivity index (χ2v) is 6.04. The van der Waals surface area contributed by atoms with E-state index in [0.29, 0.717) is 6.54 Å². The SMILES string of the molecule is CCNC(=O)NC(=O)C(C)SC(=S)N1CCCC1. The first-order chi connectivity index (χ1) is 8.54. The number of thiocarbonyl (C=S) groups is 1. The Morgan fingerprint density at radius 1 is 1.39 bits per heavy atom. The third-order valence-corrected chi connectivity index (χ3v) is 4.16. The summed E-state index contributed by atoms with van der Waals surface area (Å²) < 4.78 is 0.742. The number of imide groups is 1. The number of carbonyl (C=O) groups excluding carboxylic acids is 2. The molecule has 1 fully saturated rings. The van der Waals surface area contributed by atoms with E-state index in [2.05, 4.69) is 15.5 Å². The molecule has 7 heteroatoms. The monoisotopic (exact) mass is 289 g/mol. The molecular weight excluding hydrogens is 270 g/mol. The maximum Gasteiger partial charge on any atom is 0.321 e. The van der Waals surface area contributed by atoms with Crippen molar-refractivity contribution in [2.45, 2.75) is 31.9 Å². The van der Waals surface area contributed by atoms with Gasteiger partial charge in [0.1, 0.15) is 4.32 Å². The van der Waals surface area contributed by atoms with Crippen LogP contribution in [0.15, 0.2) is 0 Å². The summed E-state index contributed by atoms with van der Waals surface area (Å²) in [6.45, 7) is 5.98. The summed E-state index contributed by atoms with van der Waals surface area (Å²) in [4.78, 5) is 25.0. The summed E-state index contributed by atoms with van der Waals surface area (Å²) in [6, 6.07) is -0.456. The second kappa shape index (κ2) is 7.58. The van der Waals surface area contributed by atoms with E-state index in [0.717, 1.165) is 30.3 Å². The van der Waals surface area contributed by atoms with Crippen LogP contribution in [-0.2, 0) is 4.79 Å². The topological polar surface area (TPSA) is 61.4 Å². The third kappa shape index (κ3) is 4.81. The van der Waals surface area contributed by atoms with E-state index in [9.17, 15) is 9.59 Å². The second-order valence-electron chi connectivity index (χ2n) is 4.07. The maximum absolute atomic E-state index is 11.7. The molecule has 0 spiro atoms. The van der Waals surface area contributed by atoms with E-state index in [1.54, 1.807) is 13.8 Å². The van der Waals surface area contributed by atoms with Crippen molar-refractivity contribution in [3.63, 3.8) is 0 Å². The number of nitrogens with zero attached hydrogens (tertiary/aromatic N) is 1. The highest BCUT2D eigenvalue weighted by molar-refractivity contribution is 8.23. The van der Waals surface area contributed by atoms with Crippen LogP contribution >= 0.6 is 24.0 Å². The zero-order chi connectivity index (χ0) is 13.5. The van der Waals surface area contributed by atoms with Crippen molar-refractivity contribution >= 4 is 40.2 Å². The lowest BCUT2D eigenvalue weighted by Gasteiger charge is -2.20. The van der Waals surface area contributed by atoms with E-state index in [-0.39, 0.29) is 11.2 Å². The summed E-state index contributed by atoms with van der Waals surface area (Å²) in [5.74, 6) is -0.313. The molecule has 1 heterocycles. The average Bonchev–Trinajstić information content (AvgIpc) is 2.82. The molecule has 102 valence electrons. The molecule has 0 aromatic rings. The van der Waals surface area contributed by atoms with Gasteiger partial charge in [-0.3, -0.25) is 10.1 Å². The Kier molecular flexibility index (Phi) is 6.42. The fraction of sp³-hybridized carbons (Fsp3) is 0.727. The van der Waals surface area contributed by atoms with Crippen LogP contribution in [0.5, 0.6) is 0 Å². The van der Waals surface area contributed by atoms with Gasteiger partial charge >= 0.3 is 6.03 Å². The van der Waals surface area contributed by atoms with Gasteiger partial charge in [-0.15, -0.1) is 0 Å². The van der Waals surface area contributed by atoms with Crippen molar-refractivity contribution in [3.05, 3.63) is 0 Å². The van der Waals surface area contributed by atoms with Crippen molar-refractivity contribution in [3.8, 4) is 0 Å². The van der Waals surface area contributed by atoms with Gasteiger partial charge in [-0.1, -0.05) is 24.0 Å². The lowest BCUT2D eigenvalue weighted by molar-refractivity contribution is -0.119. The number of rotatable bonds is 3. The van der Waals surface area contributed by atoms with Crippen molar-refractivity contribution in [1.82, 2.24) is 15.5 Å².